The van der Waals surface area contributed by atoms with Crippen molar-refractivity contribution in [3.05, 3.63) is 23.8 Å². The van der Waals surface area contributed by atoms with E-state index >= 15 is 0 Å². The fourth-order valence-electron chi connectivity index (χ4n) is 1.66. The highest BCUT2D eigenvalue weighted by molar-refractivity contribution is 7.89. The molecule has 0 heterocycles. The Morgan fingerprint density at radius 3 is 2.50 bits per heavy atom. The summed E-state index contributed by atoms with van der Waals surface area (Å²) in [6, 6.07) is 3.58. The lowest BCUT2D eigenvalue weighted by atomic mass is 10.2. The van der Waals surface area contributed by atoms with Crippen LogP contribution < -0.4 is 4.74 Å². The molecular formula is C12H17NO6S. The number of rotatable bonds is 6. The third-order valence-corrected chi connectivity index (χ3v) is 4.45. The van der Waals surface area contributed by atoms with E-state index in [4.69, 9.17) is 9.84 Å². The van der Waals surface area contributed by atoms with Crippen LogP contribution in [-0.2, 0) is 10.0 Å². The Hall–Kier alpha value is -1.64. The van der Waals surface area contributed by atoms with Gasteiger partial charge in [-0.1, -0.05) is 0 Å². The standard InChI is InChI=1S/C12H17NO6S/c1-8(14)7-13(2)20(17,18)9-4-5-11(19-3)10(6-9)12(15)16/h4-6,8,14H,7H2,1-3H3,(H,15,16). The van der Waals surface area contributed by atoms with Crippen LogP contribution in [0.1, 0.15) is 17.3 Å². The Bertz CT molecular complexity index is 596. The van der Waals surface area contributed by atoms with Gasteiger partial charge in [0.1, 0.15) is 11.3 Å². The third-order valence-electron chi connectivity index (χ3n) is 2.63. The molecule has 0 aromatic heterocycles. The van der Waals surface area contributed by atoms with E-state index in [1.807, 2.05) is 0 Å². The van der Waals surface area contributed by atoms with Crippen molar-refractivity contribution < 1.29 is 28.2 Å². The van der Waals surface area contributed by atoms with Gasteiger partial charge in [-0.25, -0.2) is 13.2 Å². The Kier molecular flexibility index (Phi) is 5.09. The van der Waals surface area contributed by atoms with Gasteiger partial charge in [0.15, 0.2) is 0 Å². The van der Waals surface area contributed by atoms with Crippen molar-refractivity contribution >= 4 is 16.0 Å². The van der Waals surface area contributed by atoms with E-state index in [0.717, 1.165) is 10.4 Å². The molecule has 112 valence electrons. The summed E-state index contributed by atoms with van der Waals surface area (Å²) in [6.45, 7) is 1.37. The number of carbonyl (C=O) groups is 1. The maximum atomic E-state index is 12.2. The van der Waals surface area contributed by atoms with E-state index in [-0.39, 0.29) is 22.8 Å². The predicted octanol–water partition coefficient (Wildman–Crippen LogP) is 0.395. The average molecular weight is 303 g/mol. The SMILES string of the molecule is COc1ccc(S(=O)(=O)N(C)CC(C)O)cc1C(=O)O. The fraction of sp³-hybridized carbons (Fsp3) is 0.417. The zero-order chi connectivity index (χ0) is 15.5. The van der Waals surface area contributed by atoms with Crippen LogP contribution in [0.2, 0.25) is 0 Å². The van der Waals surface area contributed by atoms with Crippen LogP contribution in [0, 0.1) is 0 Å². The summed E-state index contributed by atoms with van der Waals surface area (Å²) < 4.78 is 30.3. The first-order chi connectivity index (χ1) is 9.20. The number of methoxy groups -OCH3 is 1. The number of aliphatic hydroxyl groups excluding tert-OH is 1. The quantitative estimate of drug-likeness (QED) is 0.788. The molecule has 1 unspecified atom stereocenters. The van der Waals surface area contributed by atoms with Crippen molar-refractivity contribution in [2.45, 2.75) is 17.9 Å². The Morgan fingerprint density at radius 2 is 2.05 bits per heavy atom. The summed E-state index contributed by atoms with van der Waals surface area (Å²) in [5.74, 6) is -1.20. The minimum atomic E-state index is -3.86. The number of aromatic carboxylic acids is 1. The monoisotopic (exact) mass is 303 g/mol. The third kappa shape index (κ3) is 3.47. The minimum absolute atomic E-state index is 0.0784. The summed E-state index contributed by atoms with van der Waals surface area (Å²) in [7, 11) is -1.25. The number of carboxylic acid groups (broad SMARTS) is 1. The van der Waals surface area contributed by atoms with E-state index in [1.54, 1.807) is 0 Å². The van der Waals surface area contributed by atoms with Gasteiger partial charge in [-0.05, 0) is 25.1 Å². The van der Waals surface area contributed by atoms with Crippen molar-refractivity contribution in [3.63, 3.8) is 0 Å². The Morgan fingerprint density at radius 1 is 1.45 bits per heavy atom. The maximum Gasteiger partial charge on any atom is 0.339 e. The van der Waals surface area contributed by atoms with Crippen molar-refractivity contribution in [2.24, 2.45) is 0 Å². The molecule has 0 bridgehead atoms. The van der Waals surface area contributed by atoms with Crippen LogP contribution in [0.25, 0.3) is 0 Å². The predicted molar refractivity (Wildman–Crippen MR) is 71.4 cm³/mol. The van der Waals surface area contributed by atoms with E-state index in [0.29, 0.717) is 0 Å². The molecule has 0 aliphatic heterocycles. The van der Waals surface area contributed by atoms with Crippen molar-refractivity contribution in [3.8, 4) is 5.75 Å². The topological polar surface area (TPSA) is 104 Å². The van der Waals surface area contributed by atoms with Gasteiger partial charge in [0.05, 0.1) is 18.1 Å². The fourth-order valence-corrected chi connectivity index (χ4v) is 2.94. The molecule has 20 heavy (non-hydrogen) atoms. The van der Waals surface area contributed by atoms with Crippen molar-refractivity contribution in [1.82, 2.24) is 4.31 Å². The van der Waals surface area contributed by atoms with Gasteiger partial charge in [-0.3, -0.25) is 0 Å². The molecule has 1 aromatic rings. The van der Waals surface area contributed by atoms with Gasteiger partial charge >= 0.3 is 5.97 Å². The van der Waals surface area contributed by atoms with Gasteiger partial charge in [-0.15, -0.1) is 0 Å². The molecule has 1 aromatic carbocycles. The molecule has 0 amide bonds. The van der Waals surface area contributed by atoms with Crippen LogP contribution >= 0.6 is 0 Å². The van der Waals surface area contributed by atoms with Gasteiger partial charge in [0, 0.05) is 13.6 Å². The smallest absolute Gasteiger partial charge is 0.339 e. The molecule has 7 nitrogen and oxygen atoms in total. The summed E-state index contributed by atoms with van der Waals surface area (Å²) in [5, 5.41) is 18.3. The lowest BCUT2D eigenvalue weighted by molar-refractivity contribution is 0.0693. The maximum absolute atomic E-state index is 12.2. The number of likely N-dealkylation sites (N-methyl/N-ethyl adjacent to an activating group) is 1. The Balaban J connectivity index is 3.26. The normalized spacial score (nSPS) is 13.2. The van der Waals surface area contributed by atoms with E-state index in [1.165, 1.54) is 33.2 Å². The van der Waals surface area contributed by atoms with E-state index in [2.05, 4.69) is 0 Å². The number of aliphatic hydroxyl groups is 1. The molecule has 0 saturated carbocycles. The second-order valence-corrected chi connectivity index (χ2v) is 6.35. The molecule has 0 aliphatic rings. The number of sulfonamides is 1. The van der Waals surface area contributed by atoms with Gasteiger partial charge < -0.3 is 14.9 Å². The molecule has 1 atom stereocenters. The lowest BCUT2D eigenvalue weighted by Crippen LogP contribution is -2.33. The second-order valence-electron chi connectivity index (χ2n) is 4.30. The van der Waals surface area contributed by atoms with Crippen molar-refractivity contribution in [1.29, 1.82) is 0 Å². The summed E-state index contributed by atoms with van der Waals surface area (Å²) in [4.78, 5) is 10.9. The molecular weight excluding hydrogens is 286 g/mol. The van der Waals surface area contributed by atoms with Crippen LogP contribution in [0.5, 0.6) is 5.75 Å². The summed E-state index contributed by atoms with van der Waals surface area (Å²) >= 11 is 0. The highest BCUT2D eigenvalue weighted by Gasteiger charge is 2.24. The molecule has 2 N–H and O–H groups in total. The summed E-state index contributed by atoms with van der Waals surface area (Å²) in [6.07, 6.45) is -0.827. The zero-order valence-corrected chi connectivity index (χ0v) is 12.2. The highest BCUT2D eigenvalue weighted by Crippen LogP contribution is 2.24. The zero-order valence-electron chi connectivity index (χ0n) is 11.4. The summed E-state index contributed by atoms with van der Waals surface area (Å²) in [5.41, 5.74) is -0.237. The number of nitrogens with zero attached hydrogens (tertiary/aromatic N) is 1. The number of carboxylic acids is 1. The first-order valence-electron chi connectivity index (χ1n) is 5.76. The Labute approximate surface area is 117 Å². The van der Waals surface area contributed by atoms with Crippen LogP contribution in [-0.4, -0.2) is 55.7 Å². The van der Waals surface area contributed by atoms with Gasteiger partial charge in [-0.2, -0.15) is 4.31 Å². The minimum Gasteiger partial charge on any atom is -0.496 e. The molecule has 0 saturated heterocycles. The highest BCUT2D eigenvalue weighted by atomic mass is 32.2. The first-order valence-corrected chi connectivity index (χ1v) is 7.20. The number of hydrogen-bond acceptors (Lipinski definition) is 5. The van der Waals surface area contributed by atoms with Gasteiger partial charge in [0.25, 0.3) is 0 Å². The number of ether oxygens (including phenoxy) is 1. The molecule has 0 aliphatic carbocycles. The van der Waals surface area contributed by atoms with Crippen LogP contribution in [0.4, 0.5) is 0 Å². The average Bonchev–Trinajstić information content (AvgIpc) is 2.36. The molecule has 0 spiro atoms. The second kappa shape index (κ2) is 6.21. The number of hydrogen-bond donors (Lipinski definition) is 2. The van der Waals surface area contributed by atoms with Gasteiger partial charge in [0.2, 0.25) is 10.0 Å². The molecule has 0 fully saturated rings. The van der Waals surface area contributed by atoms with Crippen LogP contribution in [0.15, 0.2) is 23.1 Å². The van der Waals surface area contributed by atoms with E-state index < -0.39 is 22.1 Å². The van der Waals surface area contributed by atoms with E-state index in [9.17, 15) is 18.3 Å². The molecule has 0 radical (unpaired) electrons. The molecule has 8 heteroatoms. The lowest BCUT2D eigenvalue weighted by Gasteiger charge is -2.19. The first kappa shape index (κ1) is 16.4. The largest absolute Gasteiger partial charge is 0.496 e. The molecule has 1 rings (SSSR count). The van der Waals surface area contributed by atoms with Crippen LogP contribution in [0.3, 0.4) is 0 Å². The number of benzene rings is 1. The van der Waals surface area contributed by atoms with Crippen molar-refractivity contribution in [2.75, 3.05) is 20.7 Å².